The first-order chi connectivity index (χ1) is 10.2. The molecule has 21 heavy (non-hydrogen) atoms. The molecule has 0 saturated carbocycles. The summed E-state index contributed by atoms with van der Waals surface area (Å²) in [5.74, 6) is 0.0677. The van der Waals surface area contributed by atoms with Gasteiger partial charge in [-0.25, -0.2) is 4.39 Å². The Morgan fingerprint density at radius 2 is 2.00 bits per heavy atom. The second-order valence-corrected chi connectivity index (χ2v) is 6.03. The first kappa shape index (κ1) is 12.6. The molecular weight excluding hydrogens is 261 g/mol. The van der Waals surface area contributed by atoms with Crippen molar-refractivity contribution >= 4 is 10.9 Å². The number of aryl methyl sites for hydroxylation is 2. The van der Waals surface area contributed by atoms with Gasteiger partial charge in [0, 0.05) is 22.5 Å². The fourth-order valence-electron chi connectivity index (χ4n) is 3.66. The number of hydrogen-bond acceptors (Lipinski definition) is 0. The summed E-state index contributed by atoms with van der Waals surface area (Å²) in [5, 5.41) is 1.30. The molecule has 2 aromatic carbocycles. The Morgan fingerprint density at radius 1 is 1.14 bits per heavy atom. The molecule has 1 heterocycles. The summed E-state index contributed by atoms with van der Waals surface area (Å²) in [6, 6.07) is 13.8. The van der Waals surface area contributed by atoms with Gasteiger partial charge in [-0.15, -0.1) is 0 Å². The number of para-hydroxylation sites is 1. The highest BCUT2D eigenvalue weighted by atomic mass is 19.1. The average molecular weight is 279 g/mol. The van der Waals surface area contributed by atoms with Crippen LogP contribution in [-0.4, -0.2) is 4.98 Å². The molecule has 2 heteroatoms. The highest BCUT2D eigenvalue weighted by molar-refractivity contribution is 5.85. The molecule has 1 atom stereocenters. The van der Waals surface area contributed by atoms with Gasteiger partial charge in [0.25, 0.3) is 0 Å². The van der Waals surface area contributed by atoms with E-state index >= 15 is 0 Å². The SMILES string of the molecule is Cc1ccc(F)c(C2CCCc3c2[nH]c2ccccc32)c1. The van der Waals surface area contributed by atoms with E-state index in [4.69, 9.17) is 0 Å². The van der Waals surface area contributed by atoms with E-state index in [0.29, 0.717) is 0 Å². The van der Waals surface area contributed by atoms with Crippen LogP contribution in [0.1, 0.15) is 41.1 Å². The van der Waals surface area contributed by atoms with E-state index in [1.165, 1.54) is 22.2 Å². The monoisotopic (exact) mass is 279 g/mol. The Balaban J connectivity index is 1.92. The summed E-state index contributed by atoms with van der Waals surface area (Å²) in [6.07, 6.45) is 3.22. The van der Waals surface area contributed by atoms with Crippen LogP contribution in [0, 0.1) is 12.7 Å². The van der Waals surface area contributed by atoms with Gasteiger partial charge in [0.1, 0.15) is 5.82 Å². The second-order valence-electron chi connectivity index (χ2n) is 6.03. The number of fused-ring (bicyclic) bond motifs is 3. The molecule has 0 bridgehead atoms. The molecule has 0 saturated heterocycles. The molecule has 1 N–H and O–H groups in total. The van der Waals surface area contributed by atoms with Gasteiger partial charge in [0.15, 0.2) is 0 Å². The maximum atomic E-state index is 14.3. The molecular formula is C19H18FN. The van der Waals surface area contributed by atoms with E-state index in [9.17, 15) is 4.39 Å². The van der Waals surface area contributed by atoms with Crippen LogP contribution >= 0.6 is 0 Å². The van der Waals surface area contributed by atoms with Gasteiger partial charge in [0.2, 0.25) is 0 Å². The van der Waals surface area contributed by atoms with Crippen LogP contribution in [0.5, 0.6) is 0 Å². The Kier molecular flexibility index (Phi) is 2.85. The Bertz CT molecular complexity index is 816. The maximum Gasteiger partial charge on any atom is 0.127 e. The Morgan fingerprint density at radius 3 is 2.90 bits per heavy atom. The fraction of sp³-hybridized carbons (Fsp3) is 0.263. The summed E-state index contributed by atoms with van der Waals surface area (Å²) >= 11 is 0. The van der Waals surface area contributed by atoms with Gasteiger partial charge in [-0.1, -0.05) is 35.9 Å². The first-order valence-electron chi connectivity index (χ1n) is 7.59. The van der Waals surface area contributed by atoms with Crippen LogP contribution in [0.25, 0.3) is 10.9 Å². The number of halogens is 1. The lowest BCUT2D eigenvalue weighted by molar-refractivity contribution is 0.554. The lowest BCUT2D eigenvalue weighted by Crippen LogP contribution is -2.12. The van der Waals surface area contributed by atoms with Crippen molar-refractivity contribution in [2.45, 2.75) is 32.1 Å². The van der Waals surface area contributed by atoms with Crippen molar-refractivity contribution in [2.75, 3.05) is 0 Å². The van der Waals surface area contributed by atoms with Gasteiger partial charge in [-0.3, -0.25) is 0 Å². The molecule has 0 radical (unpaired) electrons. The Labute approximate surface area is 123 Å². The van der Waals surface area contributed by atoms with E-state index in [1.807, 2.05) is 25.1 Å². The first-order valence-corrected chi connectivity index (χ1v) is 7.59. The second kappa shape index (κ2) is 4.73. The van der Waals surface area contributed by atoms with Crippen molar-refractivity contribution in [3.63, 3.8) is 0 Å². The van der Waals surface area contributed by atoms with Crippen LogP contribution < -0.4 is 0 Å². The summed E-state index contributed by atoms with van der Waals surface area (Å²) in [6.45, 7) is 2.03. The normalized spacial score (nSPS) is 17.9. The highest BCUT2D eigenvalue weighted by Crippen LogP contribution is 2.40. The fourth-order valence-corrected chi connectivity index (χ4v) is 3.66. The zero-order chi connectivity index (χ0) is 14.4. The molecule has 3 aromatic rings. The summed E-state index contributed by atoms with van der Waals surface area (Å²) < 4.78 is 14.3. The molecule has 0 fully saturated rings. The van der Waals surface area contributed by atoms with Gasteiger partial charge in [0.05, 0.1) is 0 Å². The number of rotatable bonds is 1. The van der Waals surface area contributed by atoms with Crippen molar-refractivity contribution in [1.82, 2.24) is 4.98 Å². The molecule has 0 amide bonds. The van der Waals surface area contributed by atoms with Crippen molar-refractivity contribution in [3.8, 4) is 0 Å². The quantitative estimate of drug-likeness (QED) is 0.639. The lowest BCUT2D eigenvalue weighted by atomic mass is 9.82. The smallest absolute Gasteiger partial charge is 0.127 e. The molecule has 1 aromatic heterocycles. The minimum atomic E-state index is -0.0860. The molecule has 1 aliphatic rings. The van der Waals surface area contributed by atoms with Crippen molar-refractivity contribution < 1.29 is 4.39 Å². The van der Waals surface area contributed by atoms with Gasteiger partial charge < -0.3 is 4.98 Å². The van der Waals surface area contributed by atoms with E-state index in [-0.39, 0.29) is 11.7 Å². The number of benzene rings is 2. The molecule has 1 unspecified atom stereocenters. The summed E-state index contributed by atoms with van der Waals surface area (Å²) in [7, 11) is 0. The zero-order valence-electron chi connectivity index (χ0n) is 12.1. The third-order valence-corrected chi connectivity index (χ3v) is 4.64. The predicted molar refractivity (Wildman–Crippen MR) is 84.2 cm³/mol. The van der Waals surface area contributed by atoms with E-state index in [0.717, 1.165) is 30.4 Å². The van der Waals surface area contributed by atoms with E-state index < -0.39 is 0 Å². The van der Waals surface area contributed by atoms with Crippen LogP contribution in [0.2, 0.25) is 0 Å². The molecule has 0 spiro atoms. The molecule has 1 nitrogen and oxygen atoms in total. The van der Waals surface area contributed by atoms with Crippen LogP contribution in [0.3, 0.4) is 0 Å². The van der Waals surface area contributed by atoms with Gasteiger partial charge in [-0.05, 0) is 49.4 Å². The maximum absolute atomic E-state index is 14.3. The number of aromatic nitrogens is 1. The third kappa shape index (κ3) is 1.98. The standard InChI is InChI=1S/C19H18FN/c1-12-9-10-17(20)16(11-12)15-7-4-6-14-13-5-2-3-8-18(13)21-19(14)15/h2-3,5,8-11,15,21H,4,6-7H2,1H3. The lowest BCUT2D eigenvalue weighted by Gasteiger charge is -2.24. The predicted octanol–water partition coefficient (Wildman–Crippen LogP) is 5.08. The molecule has 0 aliphatic heterocycles. The molecule has 1 aliphatic carbocycles. The summed E-state index contributed by atoms with van der Waals surface area (Å²) in [4.78, 5) is 3.54. The minimum absolute atomic E-state index is 0.0860. The van der Waals surface area contributed by atoms with E-state index in [2.05, 4.69) is 23.2 Å². The number of aromatic amines is 1. The highest BCUT2D eigenvalue weighted by Gasteiger charge is 2.27. The number of nitrogens with one attached hydrogen (secondary N) is 1. The average Bonchev–Trinajstić information content (AvgIpc) is 2.88. The number of H-pyrrole nitrogens is 1. The van der Waals surface area contributed by atoms with Crippen molar-refractivity contribution in [3.05, 3.63) is 70.7 Å². The van der Waals surface area contributed by atoms with Gasteiger partial charge in [-0.2, -0.15) is 0 Å². The number of hydrogen-bond donors (Lipinski definition) is 1. The van der Waals surface area contributed by atoms with Crippen LogP contribution in [0.4, 0.5) is 4.39 Å². The van der Waals surface area contributed by atoms with Crippen LogP contribution in [-0.2, 0) is 6.42 Å². The largest absolute Gasteiger partial charge is 0.358 e. The topological polar surface area (TPSA) is 15.8 Å². The minimum Gasteiger partial charge on any atom is -0.358 e. The van der Waals surface area contributed by atoms with Gasteiger partial charge >= 0.3 is 0 Å². The third-order valence-electron chi connectivity index (χ3n) is 4.64. The van der Waals surface area contributed by atoms with Crippen LogP contribution in [0.15, 0.2) is 42.5 Å². The zero-order valence-corrected chi connectivity index (χ0v) is 12.1. The molecule has 106 valence electrons. The van der Waals surface area contributed by atoms with Crippen molar-refractivity contribution in [2.24, 2.45) is 0 Å². The summed E-state index contributed by atoms with van der Waals surface area (Å²) in [5.41, 5.74) is 5.72. The van der Waals surface area contributed by atoms with E-state index in [1.54, 1.807) is 6.07 Å². The molecule has 4 rings (SSSR count). The van der Waals surface area contributed by atoms with Crippen molar-refractivity contribution in [1.29, 1.82) is 0 Å². The Hall–Kier alpha value is -2.09.